The van der Waals surface area contributed by atoms with Gasteiger partial charge < -0.3 is 25.0 Å². The zero-order valence-corrected chi connectivity index (χ0v) is 13.6. The van der Waals surface area contributed by atoms with Gasteiger partial charge in [0.15, 0.2) is 0 Å². The van der Waals surface area contributed by atoms with E-state index in [2.05, 4.69) is 27.7 Å². The molecule has 2 atom stereocenters. The summed E-state index contributed by atoms with van der Waals surface area (Å²) >= 11 is 0. The molecule has 1 aromatic rings. The van der Waals surface area contributed by atoms with Crippen molar-refractivity contribution in [2.24, 2.45) is 5.92 Å². The Morgan fingerprint density at radius 2 is 2.43 bits per heavy atom. The number of nitrogens with one attached hydrogen (secondary N) is 2. The van der Waals surface area contributed by atoms with Gasteiger partial charge in [0.2, 0.25) is 5.91 Å². The maximum atomic E-state index is 12.1. The second kappa shape index (κ2) is 7.66. The van der Waals surface area contributed by atoms with Gasteiger partial charge in [0.25, 0.3) is 0 Å². The number of hydrogen-bond donors (Lipinski definition) is 2. The molecule has 2 unspecified atom stereocenters. The smallest absolute Gasteiger partial charge is 0.250 e. The van der Waals surface area contributed by atoms with Gasteiger partial charge >= 0.3 is 0 Å². The topological polar surface area (TPSA) is 62.8 Å². The van der Waals surface area contributed by atoms with Crippen LogP contribution in [0, 0.1) is 5.92 Å². The van der Waals surface area contributed by atoms with Gasteiger partial charge in [-0.15, -0.1) is 0 Å². The van der Waals surface area contributed by atoms with E-state index in [0.29, 0.717) is 25.6 Å². The SMILES string of the molecule is COc1cccc(N2CCC(CNC(=O)C3CNCCO3)C2)c1. The average molecular weight is 319 g/mol. The average Bonchev–Trinajstić information content (AvgIpc) is 3.09. The number of ether oxygens (including phenoxy) is 2. The zero-order chi connectivity index (χ0) is 16.1. The number of methoxy groups -OCH3 is 1. The summed E-state index contributed by atoms with van der Waals surface area (Å²) in [7, 11) is 1.68. The van der Waals surface area contributed by atoms with E-state index in [1.807, 2.05) is 12.1 Å². The normalized spacial score (nSPS) is 24.5. The largest absolute Gasteiger partial charge is 0.497 e. The van der Waals surface area contributed by atoms with Crippen LogP contribution >= 0.6 is 0 Å². The second-order valence-corrected chi connectivity index (χ2v) is 6.11. The molecule has 2 aliphatic heterocycles. The lowest BCUT2D eigenvalue weighted by molar-refractivity contribution is -0.134. The number of anilines is 1. The molecule has 1 aromatic carbocycles. The lowest BCUT2D eigenvalue weighted by Crippen LogP contribution is -2.48. The van der Waals surface area contributed by atoms with Gasteiger partial charge in [-0.1, -0.05) is 6.07 Å². The monoisotopic (exact) mass is 319 g/mol. The first kappa shape index (κ1) is 16.1. The summed E-state index contributed by atoms with van der Waals surface area (Å²) in [5.41, 5.74) is 1.18. The molecular weight excluding hydrogens is 294 g/mol. The van der Waals surface area contributed by atoms with Gasteiger partial charge in [0, 0.05) is 44.5 Å². The summed E-state index contributed by atoms with van der Waals surface area (Å²) in [6.07, 6.45) is 0.737. The van der Waals surface area contributed by atoms with E-state index < -0.39 is 0 Å². The Bertz CT molecular complexity index is 532. The van der Waals surface area contributed by atoms with Crippen molar-refractivity contribution in [3.05, 3.63) is 24.3 Å². The fourth-order valence-electron chi connectivity index (χ4n) is 3.13. The minimum Gasteiger partial charge on any atom is -0.497 e. The molecule has 23 heavy (non-hydrogen) atoms. The Morgan fingerprint density at radius 3 is 3.22 bits per heavy atom. The third-order valence-corrected chi connectivity index (χ3v) is 4.49. The van der Waals surface area contributed by atoms with E-state index in [-0.39, 0.29) is 12.0 Å². The minimum absolute atomic E-state index is 0.00275. The number of hydrogen-bond acceptors (Lipinski definition) is 5. The van der Waals surface area contributed by atoms with Crippen LogP contribution in [0.1, 0.15) is 6.42 Å². The number of carbonyl (C=O) groups excluding carboxylic acids is 1. The minimum atomic E-state index is -0.348. The van der Waals surface area contributed by atoms with E-state index in [1.165, 1.54) is 5.69 Å². The van der Waals surface area contributed by atoms with Crippen LogP contribution in [-0.2, 0) is 9.53 Å². The number of amides is 1. The molecule has 3 rings (SSSR count). The van der Waals surface area contributed by atoms with Crippen molar-refractivity contribution in [1.82, 2.24) is 10.6 Å². The number of rotatable bonds is 5. The first-order valence-corrected chi connectivity index (χ1v) is 8.25. The van der Waals surface area contributed by atoms with Crippen LogP contribution in [0.5, 0.6) is 5.75 Å². The molecule has 2 aliphatic rings. The van der Waals surface area contributed by atoms with Crippen molar-refractivity contribution in [1.29, 1.82) is 0 Å². The first-order chi connectivity index (χ1) is 11.3. The second-order valence-electron chi connectivity index (χ2n) is 6.11. The molecule has 0 aromatic heterocycles. The van der Waals surface area contributed by atoms with Crippen molar-refractivity contribution < 1.29 is 14.3 Å². The molecule has 0 radical (unpaired) electrons. The van der Waals surface area contributed by atoms with E-state index in [0.717, 1.165) is 31.8 Å². The molecule has 126 valence electrons. The predicted molar refractivity (Wildman–Crippen MR) is 88.9 cm³/mol. The Balaban J connectivity index is 1.46. The number of morpholine rings is 1. The Hall–Kier alpha value is -1.79. The van der Waals surface area contributed by atoms with Gasteiger partial charge in [-0.05, 0) is 24.5 Å². The summed E-state index contributed by atoms with van der Waals surface area (Å²) in [5, 5.41) is 6.21. The summed E-state index contributed by atoms with van der Waals surface area (Å²) in [6.45, 7) is 4.70. The Kier molecular flexibility index (Phi) is 5.35. The standard InChI is InChI=1S/C17H25N3O3/c1-22-15-4-2-3-14(9-15)20-7-5-13(12-20)10-19-17(21)16-11-18-6-8-23-16/h2-4,9,13,16,18H,5-8,10-12H2,1H3,(H,19,21). The first-order valence-electron chi connectivity index (χ1n) is 8.25. The number of carbonyl (C=O) groups is 1. The van der Waals surface area contributed by atoms with Crippen molar-refractivity contribution in [2.45, 2.75) is 12.5 Å². The summed E-state index contributed by atoms with van der Waals surface area (Å²) < 4.78 is 10.8. The van der Waals surface area contributed by atoms with E-state index in [9.17, 15) is 4.79 Å². The third-order valence-electron chi connectivity index (χ3n) is 4.49. The number of benzene rings is 1. The van der Waals surface area contributed by atoms with Crippen molar-refractivity contribution >= 4 is 11.6 Å². The van der Waals surface area contributed by atoms with Crippen LogP contribution in [0.25, 0.3) is 0 Å². The van der Waals surface area contributed by atoms with Crippen molar-refractivity contribution in [2.75, 3.05) is 51.3 Å². The molecule has 0 spiro atoms. The highest BCUT2D eigenvalue weighted by molar-refractivity contribution is 5.81. The van der Waals surface area contributed by atoms with Crippen LogP contribution < -0.4 is 20.3 Å². The maximum absolute atomic E-state index is 12.1. The maximum Gasteiger partial charge on any atom is 0.250 e. The molecule has 6 heteroatoms. The molecule has 1 amide bonds. The molecule has 2 fully saturated rings. The van der Waals surface area contributed by atoms with Gasteiger partial charge in [0.05, 0.1) is 13.7 Å². The van der Waals surface area contributed by atoms with Crippen LogP contribution in [0.4, 0.5) is 5.69 Å². The fourth-order valence-corrected chi connectivity index (χ4v) is 3.13. The molecule has 2 saturated heterocycles. The van der Waals surface area contributed by atoms with E-state index in [4.69, 9.17) is 9.47 Å². The highest BCUT2D eigenvalue weighted by Gasteiger charge is 2.26. The molecule has 2 heterocycles. The Morgan fingerprint density at radius 1 is 1.52 bits per heavy atom. The summed E-state index contributed by atoms with van der Waals surface area (Å²) in [6, 6.07) is 8.12. The molecule has 6 nitrogen and oxygen atoms in total. The van der Waals surface area contributed by atoms with Gasteiger partial charge in [-0.3, -0.25) is 4.79 Å². The van der Waals surface area contributed by atoms with Gasteiger partial charge in [-0.25, -0.2) is 0 Å². The molecule has 0 bridgehead atoms. The fraction of sp³-hybridized carbons (Fsp3) is 0.588. The highest BCUT2D eigenvalue weighted by atomic mass is 16.5. The lowest BCUT2D eigenvalue weighted by Gasteiger charge is -2.23. The Labute approximate surface area is 137 Å². The van der Waals surface area contributed by atoms with Crippen LogP contribution in [-0.4, -0.2) is 58.5 Å². The van der Waals surface area contributed by atoms with Gasteiger partial charge in [0.1, 0.15) is 11.9 Å². The van der Waals surface area contributed by atoms with Crippen LogP contribution in [0.15, 0.2) is 24.3 Å². The van der Waals surface area contributed by atoms with Crippen molar-refractivity contribution in [3.8, 4) is 5.75 Å². The predicted octanol–water partition coefficient (Wildman–Crippen LogP) is 0.626. The van der Waals surface area contributed by atoms with Gasteiger partial charge in [-0.2, -0.15) is 0 Å². The lowest BCUT2D eigenvalue weighted by atomic mass is 10.1. The molecule has 2 N–H and O–H groups in total. The number of nitrogens with zero attached hydrogens (tertiary/aromatic N) is 1. The van der Waals surface area contributed by atoms with E-state index in [1.54, 1.807) is 7.11 Å². The van der Waals surface area contributed by atoms with E-state index >= 15 is 0 Å². The van der Waals surface area contributed by atoms with Crippen LogP contribution in [0.2, 0.25) is 0 Å². The molecular formula is C17H25N3O3. The quantitative estimate of drug-likeness (QED) is 0.833. The molecule has 0 saturated carbocycles. The highest BCUT2D eigenvalue weighted by Crippen LogP contribution is 2.26. The summed E-state index contributed by atoms with van der Waals surface area (Å²) in [4.78, 5) is 14.4. The van der Waals surface area contributed by atoms with Crippen LogP contribution in [0.3, 0.4) is 0 Å². The molecule has 0 aliphatic carbocycles. The summed E-state index contributed by atoms with van der Waals surface area (Å²) in [5.74, 6) is 1.35. The zero-order valence-electron chi connectivity index (χ0n) is 13.6. The van der Waals surface area contributed by atoms with Crippen molar-refractivity contribution in [3.63, 3.8) is 0 Å². The third kappa shape index (κ3) is 4.14.